The van der Waals surface area contributed by atoms with Crippen LogP contribution in [0.5, 0.6) is 0 Å². The van der Waals surface area contributed by atoms with E-state index in [2.05, 4.69) is 35.3 Å². The molecule has 0 saturated carbocycles. The summed E-state index contributed by atoms with van der Waals surface area (Å²) in [4.78, 5) is 7.08. The largest absolute Gasteiger partial charge is 0.326 e. The molecule has 0 bridgehead atoms. The van der Waals surface area contributed by atoms with E-state index in [-0.39, 0.29) is 11.3 Å². The van der Waals surface area contributed by atoms with Crippen LogP contribution in [0.4, 0.5) is 0 Å². The topological polar surface area (TPSA) is 51.8 Å². The molecule has 6 heteroatoms. The fourth-order valence-electron chi connectivity index (χ4n) is 1.61. The molecule has 0 fully saturated rings. The summed E-state index contributed by atoms with van der Waals surface area (Å²) in [6.45, 7) is 6.18. The third-order valence-corrected chi connectivity index (χ3v) is 6.14. The maximum Gasteiger partial charge on any atom is 0.170 e. The molecule has 0 saturated heterocycles. The van der Waals surface area contributed by atoms with E-state index in [1.165, 1.54) is 21.3 Å². The standard InChI is InChI=1S/C12H17N3S3/c1-4-9(13)11(10-6-5-7(2)16-10)17-12-14-8(3)15-18-12/h5-6,9,11H,4,13H2,1-3H3. The number of aromatic nitrogens is 2. The van der Waals surface area contributed by atoms with Crippen molar-refractivity contribution in [2.75, 3.05) is 0 Å². The molecule has 2 atom stereocenters. The summed E-state index contributed by atoms with van der Waals surface area (Å²) < 4.78 is 5.23. The van der Waals surface area contributed by atoms with Crippen molar-refractivity contribution in [3.8, 4) is 0 Å². The van der Waals surface area contributed by atoms with E-state index >= 15 is 0 Å². The molecule has 2 aromatic heterocycles. The first kappa shape index (κ1) is 14.0. The number of hydrogen-bond donors (Lipinski definition) is 1. The summed E-state index contributed by atoms with van der Waals surface area (Å²) in [6, 6.07) is 4.49. The van der Waals surface area contributed by atoms with Crippen molar-refractivity contribution < 1.29 is 0 Å². The van der Waals surface area contributed by atoms with Crippen molar-refractivity contribution in [3.63, 3.8) is 0 Å². The molecule has 2 N–H and O–H groups in total. The van der Waals surface area contributed by atoms with Gasteiger partial charge in [-0.05, 0) is 43.9 Å². The van der Waals surface area contributed by atoms with E-state index in [9.17, 15) is 0 Å². The van der Waals surface area contributed by atoms with Gasteiger partial charge < -0.3 is 5.73 Å². The molecular weight excluding hydrogens is 282 g/mol. The number of aryl methyl sites for hydroxylation is 2. The number of hydrogen-bond acceptors (Lipinski definition) is 6. The van der Waals surface area contributed by atoms with Gasteiger partial charge in [0, 0.05) is 15.8 Å². The van der Waals surface area contributed by atoms with Gasteiger partial charge in [0.25, 0.3) is 0 Å². The number of rotatable bonds is 5. The van der Waals surface area contributed by atoms with Crippen LogP contribution in [0.15, 0.2) is 16.5 Å². The average molecular weight is 299 g/mol. The minimum atomic E-state index is 0.150. The van der Waals surface area contributed by atoms with Gasteiger partial charge in [0.2, 0.25) is 0 Å². The molecular formula is C12H17N3S3. The second kappa shape index (κ2) is 6.14. The van der Waals surface area contributed by atoms with Crippen LogP contribution in [-0.2, 0) is 0 Å². The van der Waals surface area contributed by atoms with Crippen LogP contribution >= 0.6 is 34.6 Å². The van der Waals surface area contributed by atoms with Gasteiger partial charge in [-0.15, -0.1) is 11.3 Å². The van der Waals surface area contributed by atoms with Gasteiger partial charge in [0.15, 0.2) is 4.34 Å². The highest BCUT2D eigenvalue weighted by atomic mass is 32.2. The highest BCUT2D eigenvalue weighted by molar-refractivity contribution is 8.01. The Balaban J connectivity index is 2.20. The lowest BCUT2D eigenvalue weighted by Crippen LogP contribution is -2.25. The number of nitrogens with zero attached hydrogens (tertiary/aromatic N) is 2. The van der Waals surface area contributed by atoms with Crippen LogP contribution in [-0.4, -0.2) is 15.4 Å². The zero-order chi connectivity index (χ0) is 13.1. The van der Waals surface area contributed by atoms with Crippen molar-refractivity contribution in [1.82, 2.24) is 9.36 Å². The van der Waals surface area contributed by atoms with Gasteiger partial charge in [-0.2, -0.15) is 4.37 Å². The maximum absolute atomic E-state index is 6.26. The fourth-order valence-corrected chi connectivity index (χ4v) is 4.82. The smallest absolute Gasteiger partial charge is 0.170 e. The second-order valence-electron chi connectivity index (χ2n) is 4.17. The normalized spacial score (nSPS) is 14.7. The van der Waals surface area contributed by atoms with Crippen molar-refractivity contribution >= 4 is 34.6 Å². The van der Waals surface area contributed by atoms with Crippen LogP contribution < -0.4 is 5.73 Å². The molecule has 98 valence electrons. The summed E-state index contributed by atoms with van der Waals surface area (Å²) in [6.07, 6.45) is 0.965. The molecule has 18 heavy (non-hydrogen) atoms. The van der Waals surface area contributed by atoms with Crippen molar-refractivity contribution in [2.24, 2.45) is 5.73 Å². The molecule has 3 nitrogen and oxygen atoms in total. The minimum absolute atomic E-state index is 0.150. The predicted molar refractivity (Wildman–Crippen MR) is 80.6 cm³/mol. The fraction of sp³-hybridized carbons (Fsp3) is 0.500. The summed E-state index contributed by atoms with van der Waals surface area (Å²) in [5.74, 6) is 0.841. The average Bonchev–Trinajstić information content (AvgIpc) is 2.94. The van der Waals surface area contributed by atoms with E-state index in [0.717, 1.165) is 16.6 Å². The van der Waals surface area contributed by atoms with Crippen LogP contribution in [0.3, 0.4) is 0 Å². The molecule has 0 spiro atoms. The minimum Gasteiger partial charge on any atom is -0.326 e. The first-order chi connectivity index (χ1) is 8.60. The lowest BCUT2D eigenvalue weighted by atomic mass is 10.1. The molecule has 2 unspecified atom stereocenters. The third-order valence-electron chi connectivity index (χ3n) is 2.64. The summed E-state index contributed by atoms with van der Waals surface area (Å²) in [5.41, 5.74) is 6.26. The van der Waals surface area contributed by atoms with Crippen molar-refractivity contribution in [2.45, 2.75) is 42.8 Å². The zero-order valence-electron chi connectivity index (χ0n) is 10.7. The van der Waals surface area contributed by atoms with E-state index in [4.69, 9.17) is 5.73 Å². The van der Waals surface area contributed by atoms with E-state index in [1.807, 2.05) is 18.3 Å². The summed E-state index contributed by atoms with van der Waals surface area (Å²) in [5, 5.41) is 0.279. The van der Waals surface area contributed by atoms with Crippen LogP contribution in [0.25, 0.3) is 0 Å². The lowest BCUT2D eigenvalue weighted by molar-refractivity contribution is 0.639. The Morgan fingerprint density at radius 2 is 2.17 bits per heavy atom. The molecule has 0 aliphatic heterocycles. The first-order valence-corrected chi connectivity index (χ1v) is 8.36. The van der Waals surface area contributed by atoms with Crippen molar-refractivity contribution in [3.05, 3.63) is 27.7 Å². The Morgan fingerprint density at radius 1 is 1.39 bits per heavy atom. The van der Waals surface area contributed by atoms with E-state index < -0.39 is 0 Å². The molecule has 2 rings (SSSR count). The first-order valence-electron chi connectivity index (χ1n) is 5.89. The Kier molecular flexibility index (Phi) is 4.77. The monoisotopic (exact) mass is 299 g/mol. The van der Waals surface area contributed by atoms with Crippen LogP contribution in [0, 0.1) is 13.8 Å². The van der Waals surface area contributed by atoms with Crippen LogP contribution in [0.2, 0.25) is 0 Å². The predicted octanol–water partition coefficient (Wildman–Crippen LogP) is 3.79. The Bertz CT molecular complexity index is 506. The maximum atomic E-state index is 6.26. The molecule has 2 heterocycles. The number of nitrogens with two attached hydrogens (primary N) is 1. The quantitative estimate of drug-likeness (QED) is 0.854. The molecule has 0 aliphatic rings. The van der Waals surface area contributed by atoms with Gasteiger partial charge in [-0.1, -0.05) is 18.7 Å². The van der Waals surface area contributed by atoms with Crippen molar-refractivity contribution in [1.29, 1.82) is 0 Å². The van der Waals surface area contributed by atoms with Crippen LogP contribution in [0.1, 0.15) is 34.2 Å². The summed E-state index contributed by atoms with van der Waals surface area (Å²) in [7, 11) is 0. The number of thiophene rings is 1. The van der Waals surface area contributed by atoms with Gasteiger partial charge in [-0.25, -0.2) is 4.98 Å². The molecule has 0 amide bonds. The zero-order valence-corrected chi connectivity index (χ0v) is 13.2. The van der Waals surface area contributed by atoms with Gasteiger partial charge >= 0.3 is 0 Å². The number of thioether (sulfide) groups is 1. The molecule has 2 aromatic rings. The second-order valence-corrected chi connectivity index (χ2v) is 7.63. The molecule has 0 radical (unpaired) electrons. The Hall–Kier alpha value is -0.430. The van der Waals surface area contributed by atoms with E-state index in [1.54, 1.807) is 11.8 Å². The lowest BCUT2D eigenvalue weighted by Gasteiger charge is -2.19. The summed E-state index contributed by atoms with van der Waals surface area (Å²) >= 11 is 5.02. The van der Waals surface area contributed by atoms with Gasteiger partial charge in [-0.3, -0.25) is 0 Å². The SMILES string of the molecule is CCC(N)C(Sc1nc(C)ns1)c1ccc(C)s1. The Labute approximate surface area is 120 Å². The highest BCUT2D eigenvalue weighted by Crippen LogP contribution is 2.41. The molecule has 0 aromatic carbocycles. The third kappa shape index (κ3) is 3.32. The Morgan fingerprint density at radius 3 is 2.67 bits per heavy atom. The van der Waals surface area contributed by atoms with E-state index in [0.29, 0.717) is 0 Å². The molecule has 0 aliphatic carbocycles. The highest BCUT2D eigenvalue weighted by Gasteiger charge is 2.23. The van der Waals surface area contributed by atoms with Gasteiger partial charge in [0.05, 0.1) is 5.25 Å². The van der Waals surface area contributed by atoms with Gasteiger partial charge in [0.1, 0.15) is 5.82 Å².